The van der Waals surface area contributed by atoms with Crippen LogP contribution in [0.25, 0.3) is 0 Å². The molecule has 0 unspecified atom stereocenters. The van der Waals surface area contributed by atoms with Crippen molar-refractivity contribution in [1.29, 1.82) is 0 Å². The molecular weight excluding hydrogens is 270 g/mol. The first-order valence-corrected chi connectivity index (χ1v) is 6.87. The van der Waals surface area contributed by atoms with Gasteiger partial charge in [-0.15, -0.1) is 0 Å². The molecule has 2 aromatic rings. The van der Waals surface area contributed by atoms with E-state index in [1.807, 2.05) is 23.1 Å². The Morgan fingerprint density at radius 3 is 2.33 bits per heavy atom. The Balaban J connectivity index is 1.75. The number of aryl methyl sites for hydroxylation is 1. The van der Waals surface area contributed by atoms with Crippen LogP contribution in [0.2, 0.25) is 0 Å². The third-order valence-corrected chi connectivity index (χ3v) is 3.76. The molecule has 0 N–H and O–H groups in total. The van der Waals surface area contributed by atoms with Crippen molar-refractivity contribution in [2.24, 2.45) is 7.05 Å². The van der Waals surface area contributed by atoms with Crippen LogP contribution in [0.3, 0.4) is 0 Å². The maximum absolute atomic E-state index is 11.1. The van der Waals surface area contributed by atoms with Crippen LogP contribution in [0.15, 0.2) is 36.7 Å². The molecule has 0 amide bonds. The van der Waals surface area contributed by atoms with E-state index in [1.165, 1.54) is 12.0 Å². The molecule has 0 atom stereocenters. The summed E-state index contributed by atoms with van der Waals surface area (Å²) in [5.74, 6) is 0.526. The van der Waals surface area contributed by atoms with Crippen molar-refractivity contribution >= 4 is 17.3 Å². The molecule has 0 bridgehead atoms. The van der Waals surface area contributed by atoms with Gasteiger partial charge < -0.3 is 19.9 Å². The molecule has 0 spiro atoms. The van der Waals surface area contributed by atoms with Crippen molar-refractivity contribution < 1.29 is 4.92 Å². The highest BCUT2D eigenvalue weighted by molar-refractivity contribution is 5.56. The van der Waals surface area contributed by atoms with Crippen LogP contribution >= 0.6 is 0 Å². The molecule has 1 fully saturated rings. The van der Waals surface area contributed by atoms with E-state index in [0.717, 1.165) is 26.2 Å². The molecule has 7 nitrogen and oxygen atoms in total. The average Bonchev–Trinajstić information content (AvgIpc) is 2.90. The minimum atomic E-state index is -0.418. The number of imidazole rings is 1. The second-order valence-electron chi connectivity index (χ2n) is 5.07. The van der Waals surface area contributed by atoms with Crippen molar-refractivity contribution in [1.82, 2.24) is 9.55 Å². The van der Waals surface area contributed by atoms with Gasteiger partial charge in [-0.1, -0.05) is 18.2 Å². The van der Waals surface area contributed by atoms with E-state index in [4.69, 9.17) is 0 Å². The van der Waals surface area contributed by atoms with Crippen LogP contribution in [0, 0.1) is 10.1 Å². The summed E-state index contributed by atoms with van der Waals surface area (Å²) < 4.78 is 1.72. The van der Waals surface area contributed by atoms with E-state index in [0.29, 0.717) is 5.82 Å². The standard InChI is InChI=1S/C14H17N5O2/c1-16-11-15-13(19(20)21)14(16)18-9-7-17(8-10-18)12-5-3-2-4-6-12/h2-6,11H,7-10H2,1H3. The van der Waals surface area contributed by atoms with E-state index in [9.17, 15) is 10.1 Å². The zero-order valence-corrected chi connectivity index (χ0v) is 11.8. The molecule has 0 aliphatic carbocycles. The van der Waals surface area contributed by atoms with Crippen LogP contribution < -0.4 is 9.80 Å². The first-order valence-electron chi connectivity index (χ1n) is 6.87. The predicted octanol–water partition coefficient (Wildman–Crippen LogP) is 1.65. The lowest BCUT2D eigenvalue weighted by Crippen LogP contribution is -2.47. The number of piperazine rings is 1. The van der Waals surface area contributed by atoms with E-state index in [2.05, 4.69) is 22.0 Å². The smallest absolute Gasteiger partial charge is 0.368 e. The molecule has 1 saturated heterocycles. The molecular formula is C14H17N5O2. The number of hydrogen-bond acceptors (Lipinski definition) is 5. The topological polar surface area (TPSA) is 67.4 Å². The summed E-state index contributed by atoms with van der Waals surface area (Å²) in [5.41, 5.74) is 1.19. The van der Waals surface area contributed by atoms with Crippen molar-refractivity contribution in [2.75, 3.05) is 36.0 Å². The zero-order chi connectivity index (χ0) is 14.8. The third-order valence-electron chi connectivity index (χ3n) is 3.76. The van der Waals surface area contributed by atoms with E-state index < -0.39 is 4.92 Å². The molecule has 0 saturated carbocycles. The average molecular weight is 287 g/mol. The van der Waals surface area contributed by atoms with Crippen molar-refractivity contribution in [3.63, 3.8) is 0 Å². The van der Waals surface area contributed by atoms with Gasteiger partial charge in [0.2, 0.25) is 12.1 Å². The van der Waals surface area contributed by atoms with Crippen LogP contribution in [-0.2, 0) is 7.05 Å². The Kier molecular flexibility index (Phi) is 3.47. The molecule has 1 aliphatic heterocycles. The number of nitro groups is 1. The molecule has 1 aromatic heterocycles. The highest BCUT2D eigenvalue weighted by Gasteiger charge is 2.28. The molecule has 3 rings (SSSR count). The Hall–Kier alpha value is -2.57. The summed E-state index contributed by atoms with van der Waals surface area (Å²) in [6, 6.07) is 10.2. The summed E-state index contributed by atoms with van der Waals surface area (Å²) in [6.45, 7) is 3.17. The van der Waals surface area contributed by atoms with Crippen LogP contribution in [0.4, 0.5) is 17.3 Å². The van der Waals surface area contributed by atoms with Gasteiger partial charge in [-0.05, 0) is 22.0 Å². The fourth-order valence-electron chi connectivity index (χ4n) is 2.72. The highest BCUT2D eigenvalue weighted by atomic mass is 16.6. The fourth-order valence-corrected chi connectivity index (χ4v) is 2.72. The molecule has 0 radical (unpaired) electrons. The van der Waals surface area contributed by atoms with Crippen molar-refractivity contribution in [3.8, 4) is 0 Å². The molecule has 2 heterocycles. The quantitative estimate of drug-likeness (QED) is 0.634. The number of hydrogen-bond donors (Lipinski definition) is 0. The number of para-hydroxylation sites is 1. The number of aromatic nitrogens is 2. The van der Waals surface area contributed by atoms with Gasteiger partial charge >= 0.3 is 5.82 Å². The van der Waals surface area contributed by atoms with Gasteiger partial charge in [0.1, 0.15) is 0 Å². The van der Waals surface area contributed by atoms with Crippen molar-refractivity contribution in [2.45, 2.75) is 0 Å². The highest BCUT2D eigenvalue weighted by Crippen LogP contribution is 2.27. The summed E-state index contributed by atoms with van der Waals surface area (Å²) in [5, 5.41) is 11.1. The maximum atomic E-state index is 11.1. The SMILES string of the molecule is Cn1cnc([N+](=O)[O-])c1N1CCN(c2ccccc2)CC1. The first-order chi connectivity index (χ1) is 10.2. The number of benzene rings is 1. The lowest BCUT2D eigenvalue weighted by molar-refractivity contribution is -0.388. The van der Waals surface area contributed by atoms with Crippen LogP contribution in [-0.4, -0.2) is 40.7 Å². The van der Waals surface area contributed by atoms with E-state index >= 15 is 0 Å². The summed E-state index contributed by atoms with van der Waals surface area (Å²) in [4.78, 5) is 18.8. The second-order valence-corrected chi connectivity index (χ2v) is 5.07. The van der Waals surface area contributed by atoms with Crippen molar-refractivity contribution in [3.05, 3.63) is 46.8 Å². The molecule has 1 aliphatic rings. The minimum Gasteiger partial charge on any atom is -0.368 e. The second kappa shape index (κ2) is 5.43. The lowest BCUT2D eigenvalue weighted by Gasteiger charge is -2.36. The van der Waals surface area contributed by atoms with E-state index in [1.54, 1.807) is 11.6 Å². The van der Waals surface area contributed by atoms with Crippen LogP contribution in [0.5, 0.6) is 0 Å². The van der Waals surface area contributed by atoms with E-state index in [-0.39, 0.29) is 5.82 Å². The Morgan fingerprint density at radius 2 is 1.71 bits per heavy atom. The fraction of sp³-hybridized carbons (Fsp3) is 0.357. The molecule has 1 aromatic carbocycles. The van der Waals surface area contributed by atoms with Crippen LogP contribution in [0.1, 0.15) is 0 Å². The van der Waals surface area contributed by atoms with Gasteiger partial charge in [-0.2, -0.15) is 0 Å². The van der Waals surface area contributed by atoms with Gasteiger partial charge in [-0.25, -0.2) is 0 Å². The van der Waals surface area contributed by atoms with Gasteiger partial charge in [0, 0.05) is 38.9 Å². The largest absolute Gasteiger partial charge is 0.406 e. The van der Waals surface area contributed by atoms with Gasteiger partial charge in [-0.3, -0.25) is 4.57 Å². The number of anilines is 2. The lowest BCUT2D eigenvalue weighted by atomic mass is 10.2. The Bertz CT molecular complexity index is 632. The zero-order valence-electron chi connectivity index (χ0n) is 11.8. The predicted molar refractivity (Wildman–Crippen MR) is 80.7 cm³/mol. The summed E-state index contributed by atoms with van der Waals surface area (Å²) in [6.07, 6.45) is 1.50. The monoisotopic (exact) mass is 287 g/mol. The first kappa shape index (κ1) is 13.4. The molecule has 110 valence electrons. The third kappa shape index (κ3) is 2.54. The maximum Gasteiger partial charge on any atom is 0.406 e. The van der Waals surface area contributed by atoms with Gasteiger partial charge in [0.05, 0.1) is 0 Å². The normalized spacial score (nSPS) is 15.3. The summed E-state index contributed by atoms with van der Waals surface area (Å²) >= 11 is 0. The number of nitrogens with zero attached hydrogens (tertiary/aromatic N) is 5. The number of rotatable bonds is 3. The Morgan fingerprint density at radius 1 is 1.10 bits per heavy atom. The molecule has 7 heteroatoms. The minimum absolute atomic E-state index is 0.0642. The molecule has 21 heavy (non-hydrogen) atoms. The van der Waals surface area contributed by atoms with Gasteiger partial charge in [0.15, 0.2) is 0 Å². The Labute approximate surface area is 122 Å². The van der Waals surface area contributed by atoms with Gasteiger partial charge in [0.25, 0.3) is 0 Å². The summed E-state index contributed by atoms with van der Waals surface area (Å²) in [7, 11) is 1.79.